The Hall–Kier alpha value is -1.99. The number of rotatable bonds is 7. The molecule has 0 radical (unpaired) electrons. The van der Waals surface area contributed by atoms with Crippen LogP contribution in [0.4, 0.5) is 13.2 Å². The Morgan fingerprint density at radius 2 is 1.78 bits per heavy atom. The molecule has 1 heterocycles. The first-order valence-electron chi connectivity index (χ1n) is 9.67. The molecule has 0 saturated heterocycles. The van der Waals surface area contributed by atoms with Crippen LogP contribution < -0.4 is 4.74 Å². The summed E-state index contributed by atoms with van der Waals surface area (Å²) in [4.78, 5) is 4.41. The Kier molecular flexibility index (Phi) is 7.30. The standard InChI is InChI=1S/C20H24F3NO7S/c1-28-15-5-11(10-25)4-13-6-14(9-24-18(13)15)12-7-16(29-2)19(30-3)17(8-12)31-32(26,27)20(21,22)23/h4-6,9,12,16-17,19,25H,7-8,10H2,1-3H3. The van der Waals surface area contributed by atoms with Gasteiger partial charge in [0.15, 0.2) is 0 Å². The summed E-state index contributed by atoms with van der Waals surface area (Å²) in [6, 6.07) is 5.17. The van der Waals surface area contributed by atoms with Crippen LogP contribution in [0.3, 0.4) is 0 Å². The zero-order valence-corrected chi connectivity index (χ0v) is 18.4. The largest absolute Gasteiger partial charge is 0.523 e. The van der Waals surface area contributed by atoms with Gasteiger partial charge in [0.05, 0.1) is 19.8 Å². The molecular formula is C20H24F3NO7S. The monoisotopic (exact) mass is 479 g/mol. The van der Waals surface area contributed by atoms with Crippen LogP contribution in [0, 0.1) is 0 Å². The van der Waals surface area contributed by atoms with Crippen LogP contribution in [0.2, 0.25) is 0 Å². The molecule has 0 amide bonds. The van der Waals surface area contributed by atoms with Gasteiger partial charge in [0.2, 0.25) is 0 Å². The normalized spacial score (nSPS) is 24.6. The van der Waals surface area contributed by atoms with Gasteiger partial charge in [-0.2, -0.15) is 21.6 Å². The van der Waals surface area contributed by atoms with Crippen LogP contribution in [-0.4, -0.2) is 63.7 Å². The number of ether oxygens (including phenoxy) is 3. The maximum atomic E-state index is 12.9. The van der Waals surface area contributed by atoms with Gasteiger partial charge in [0, 0.05) is 25.8 Å². The first-order valence-corrected chi connectivity index (χ1v) is 11.1. The van der Waals surface area contributed by atoms with E-state index in [0.29, 0.717) is 34.2 Å². The van der Waals surface area contributed by atoms with E-state index in [1.807, 2.05) is 0 Å². The van der Waals surface area contributed by atoms with E-state index in [1.165, 1.54) is 21.3 Å². The smallest absolute Gasteiger partial charge is 0.494 e. The first-order chi connectivity index (χ1) is 15.0. The molecule has 32 heavy (non-hydrogen) atoms. The molecule has 1 aromatic carbocycles. The van der Waals surface area contributed by atoms with Crippen molar-refractivity contribution in [3.8, 4) is 5.75 Å². The van der Waals surface area contributed by atoms with Crippen LogP contribution in [0.15, 0.2) is 24.4 Å². The number of aliphatic hydroxyl groups excluding tert-OH is 1. The average molecular weight is 479 g/mol. The lowest BCUT2D eigenvalue weighted by atomic mass is 9.79. The molecule has 2 aromatic rings. The summed E-state index contributed by atoms with van der Waals surface area (Å²) < 4.78 is 82.5. The highest BCUT2D eigenvalue weighted by Gasteiger charge is 2.51. The van der Waals surface area contributed by atoms with Gasteiger partial charge in [-0.25, -0.2) is 0 Å². The number of hydrogen-bond acceptors (Lipinski definition) is 8. The minimum atomic E-state index is -5.83. The first kappa shape index (κ1) is 24.6. The lowest BCUT2D eigenvalue weighted by molar-refractivity contribution is -0.121. The van der Waals surface area contributed by atoms with Gasteiger partial charge in [-0.15, -0.1) is 0 Å². The van der Waals surface area contributed by atoms with Crippen molar-refractivity contribution in [3.63, 3.8) is 0 Å². The van der Waals surface area contributed by atoms with Crippen molar-refractivity contribution < 1.29 is 45.1 Å². The summed E-state index contributed by atoms with van der Waals surface area (Å²) in [5.41, 5.74) is -3.74. The number of hydrogen-bond donors (Lipinski definition) is 1. The van der Waals surface area contributed by atoms with Gasteiger partial charge in [-0.1, -0.05) is 0 Å². The second-order valence-electron chi connectivity index (χ2n) is 7.47. The van der Waals surface area contributed by atoms with Crippen molar-refractivity contribution in [1.29, 1.82) is 0 Å². The van der Waals surface area contributed by atoms with Crippen molar-refractivity contribution in [2.45, 2.75) is 49.2 Å². The molecule has 1 aliphatic carbocycles. The fourth-order valence-electron chi connectivity index (χ4n) is 4.05. The van der Waals surface area contributed by atoms with Gasteiger partial charge in [0.25, 0.3) is 0 Å². The zero-order valence-electron chi connectivity index (χ0n) is 17.6. The predicted octanol–water partition coefficient (Wildman–Crippen LogP) is 2.88. The van der Waals surface area contributed by atoms with E-state index in [2.05, 4.69) is 9.17 Å². The second-order valence-corrected chi connectivity index (χ2v) is 9.04. The lowest BCUT2D eigenvalue weighted by Gasteiger charge is -2.39. The molecule has 8 nitrogen and oxygen atoms in total. The Balaban J connectivity index is 1.99. The third-order valence-corrected chi connectivity index (χ3v) is 6.65. The van der Waals surface area contributed by atoms with Crippen molar-refractivity contribution in [3.05, 3.63) is 35.5 Å². The summed E-state index contributed by atoms with van der Waals surface area (Å²) in [5.74, 6) is 0.0499. The highest BCUT2D eigenvalue weighted by molar-refractivity contribution is 7.87. The molecule has 0 bridgehead atoms. The summed E-state index contributed by atoms with van der Waals surface area (Å²) in [6.07, 6.45) is -1.28. The maximum Gasteiger partial charge on any atom is 0.523 e. The van der Waals surface area contributed by atoms with E-state index in [0.717, 1.165) is 0 Å². The molecule has 3 rings (SSSR count). The van der Waals surface area contributed by atoms with E-state index >= 15 is 0 Å². The summed E-state index contributed by atoms with van der Waals surface area (Å²) in [7, 11) is -1.73. The van der Waals surface area contributed by atoms with Gasteiger partial charge >= 0.3 is 15.6 Å². The van der Waals surface area contributed by atoms with E-state index in [1.54, 1.807) is 24.4 Å². The molecule has 1 aromatic heterocycles. The maximum absolute atomic E-state index is 12.9. The van der Waals surface area contributed by atoms with Crippen molar-refractivity contribution in [2.75, 3.05) is 21.3 Å². The minimum absolute atomic E-state index is 0.0578. The summed E-state index contributed by atoms with van der Waals surface area (Å²) in [6.45, 7) is -0.216. The zero-order chi connectivity index (χ0) is 23.7. The SMILES string of the molecule is COc1cc(CO)cc2cc(C3CC(OC)C(OC)C(OS(=O)(=O)C(F)(F)F)C3)cnc12. The molecule has 0 spiro atoms. The Morgan fingerprint density at radius 1 is 1.09 bits per heavy atom. The van der Waals surface area contributed by atoms with Gasteiger partial charge in [0.1, 0.15) is 23.5 Å². The Bertz CT molecular complexity index is 1060. The molecule has 1 N–H and O–H groups in total. The van der Waals surface area contributed by atoms with Crippen LogP contribution in [0.1, 0.15) is 29.9 Å². The molecule has 1 fully saturated rings. The fraction of sp³-hybridized carbons (Fsp3) is 0.550. The number of aromatic nitrogens is 1. The van der Waals surface area contributed by atoms with Gasteiger partial charge in [-0.05, 0) is 48.1 Å². The average Bonchev–Trinajstić information content (AvgIpc) is 2.76. The van der Waals surface area contributed by atoms with Crippen molar-refractivity contribution in [1.82, 2.24) is 4.98 Å². The van der Waals surface area contributed by atoms with E-state index < -0.39 is 39.9 Å². The lowest BCUT2D eigenvalue weighted by Crippen LogP contribution is -2.49. The molecular weight excluding hydrogens is 455 g/mol. The highest BCUT2D eigenvalue weighted by Crippen LogP contribution is 2.40. The van der Waals surface area contributed by atoms with E-state index in [4.69, 9.17) is 14.2 Å². The van der Waals surface area contributed by atoms with Gasteiger partial charge in [-0.3, -0.25) is 9.17 Å². The van der Waals surface area contributed by atoms with Crippen molar-refractivity contribution >= 4 is 21.0 Å². The number of halogens is 3. The number of fused-ring (bicyclic) bond motifs is 1. The Labute approximate surface area is 183 Å². The number of alkyl halides is 3. The van der Waals surface area contributed by atoms with E-state index in [9.17, 15) is 26.7 Å². The molecule has 4 atom stereocenters. The number of nitrogens with zero attached hydrogens (tertiary/aromatic N) is 1. The topological polar surface area (TPSA) is 104 Å². The third-order valence-electron chi connectivity index (χ3n) is 5.58. The summed E-state index contributed by atoms with van der Waals surface area (Å²) in [5, 5.41) is 10.2. The number of aliphatic hydroxyl groups is 1. The second kappa shape index (κ2) is 9.48. The molecule has 0 aliphatic heterocycles. The quantitative estimate of drug-likeness (QED) is 0.478. The van der Waals surface area contributed by atoms with Gasteiger partial charge < -0.3 is 19.3 Å². The number of pyridine rings is 1. The highest BCUT2D eigenvalue weighted by atomic mass is 32.2. The molecule has 12 heteroatoms. The molecule has 178 valence electrons. The predicted molar refractivity (Wildman–Crippen MR) is 108 cm³/mol. The molecule has 4 unspecified atom stereocenters. The number of methoxy groups -OCH3 is 3. The number of benzene rings is 1. The molecule has 1 saturated carbocycles. The van der Waals surface area contributed by atoms with Crippen LogP contribution in [0.25, 0.3) is 10.9 Å². The van der Waals surface area contributed by atoms with Crippen molar-refractivity contribution in [2.24, 2.45) is 0 Å². The molecule has 1 aliphatic rings. The van der Waals surface area contributed by atoms with E-state index in [-0.39, 0.29) is 13.0 Å². The van der Waals surface area contributed by atoms with Crippen LogP contribution in [0.5, 0.6) is 5.75 Å². The fourth-order valence-corrected chi connectivity index (χ4v) is 4.67. The Morgan fingerprint density at radius 3 is 2.34 bits per heavy atom. The minimum Gasteiger partial charge on any atom is -0.494 e. The summed E-state index contributed by atoms with van der Waals surface area (Å²) >= 11 is 0. The van der Waals surface area contributed by atoms with Crippen LogP contribution >= 0.6 is 0 Å². The van der Waals surface area contributed by atoms with Crippen LogP contribution in [-0.2, 0) is 30.4 Å². The third kappa shape index (κ3) is 4.84.